The molecule has 0 spiro atoms. The van der Waals surface area contributed by atoms with Crippen molar-refractivity contribution in [2.24, 2.45) is 0 Å². The quantitative estimate of drug-likeness (QED) is 0.484. The normalized spacial score (nSPS) is 23.0. The molecule has 1 aliphatic rings. The fourth-order valence-electron chi connectivity index (χ4n) is 1.75. The molecule has 0 bridgehead atoms. The summed E-state index contributed by atoms with van der Waals surface area (Å²) in [5, 5.41) is 0. The van der Waals surface area contributed by atoms with Crippen LogP contribution in [0.2, 0.25) is 0 Å². The summed E-state index contributed by atoms with van der Waals surface area (Å²) in [6.45, 7) is 5.60. The van der Waals surface area contributed by atoms with Gasteiger partial charge in [0.15, 0.2) is 0 Å². The lowest BCUT2D eigenvalue weighted by Gasteiger charge is -2.21. The van der Waals surface area contributed by atoms with E-state index in [1.54, 1.807) is 0 Å². The van der Waals surface area contributed by atoms with Gasteiger partial charge in [0.05, 0.1) is 7.11 Å². The van der Waals surface area contributed by atoms with Gasteiger partial charge < -0.3 is 4.74 Å². The third-order valence-electron chi connectivity index (χ3n) is 2.46. The lowest BCUT2D eigenvalue weighted by Crippen LogP contribution is -2.37. The van der Waals surface area contributed by atoms with Crippen LogP contribution in [0.15, 0.2) is 12.7 Å². The first kappa shape index (κ1) is 10.3. The van der Waals surface area contributed by atoms with E-state index in [1.165, 1.54) is 7.11 Å². The molecule has 1 rings (SSSR count). The van der Waals surface area contributed by atoms with Crippen molar-refractivity contribution in [2.45, 2.75) is 25.3 Å². The summed E-state index contributed by atoms with van der Waals surface area (Å²) >= 11 is 0. The van der Waals surface area contributed by atoms with Crippen molar-refractivity contribution in [3.8, 4) is 0 Å². The van der Waals surface area contributed by atoms with Crippen LogP contribution in [0.1, 0.15) is 19.3 Å². The number of nitrogens with zero attached hydrogens (tertiary/aromatic N) is 1. The maximum absolute atomic E-state index is 11.3. The van der Waals surface area contributed by atoms with Gasteiger partial charge >= 0.3 is 5.97 Å². The highest BCUT2D eigenvalue weighted by Crippen LogP contribution is 2.18. The lowest BCUT2D eigenvalue weighted by atomic mass is 10.2. The maximum Gasteiger partial charge on any atom is 0.323 e. The molecule has 1 aliphatic heterocycles. The van der Waals surface area contributed by atoms with Crippen molar-refractivity contribution in [1.82, 2.24) is 4.90 Å². The minimum atomic E-state index is -0.0958. The Morgan fingerprint density at radius 1 is 1.77 bits per heavy atom. The molecule has 0 amide bonds. The number of methoxy groups -OCH3 is 1. The number of likely N-dealkylation sites (tertiary alicyclic amines) is 1. The van der Waals surface area contributed by atoms with E-state index in [1.807, 2.05) is 6.08 Å². The van der Waals surface area contributed by atoms with Crippen LogP contribution < -0.4 is 0 Å². The zero-order valence-corrected chi connectivity index (χ0v) is 8.16. The SMILES string of the molecule is C=CCCN1CCCC1C(=O)OC. The number of rotatable bonds is 4. The highest BCUT2D eigenvalue weighted by atomic mass is 16.5. The van der Waals surface area contributed by atoms with Gasteiger partial charge in [-0.05, 0) is 25.8 Å². The Hall–Kier alpha value is -0.830. The highest BCUT2D eigenvalue weighted by Gasteiger charge is 2.30. The number of hydrogen-bond acceptors (Lipinski definition) is 3. The minimum absolute atomic E-state index is 0.00931. The van der Waals surface area contributed by atoms with Gasteiger partial charge in [-0.15, -0.1) is 6.58 Å². The van der Waals surface area contributed by atoms with Crippen molar-refractivity contribution >= 4 is 5.97 Å². The maximum atomic E-state index is 11.3. The molecule has 1 atom stereocenters. The molecular formula is C10H17NO2. The summed E-state index contributed by atoms with van der Waals surface area (Å²) < 4.78 is 4.74. The summed E-state index contributed by atoms with van der Waals surface area (Å²) in [7, 11) is 1.45. The summed E-state index contributed by atoms with van der Waals surface area (Å²) in [5.41, 5.74) is 0. The summed E-state index contributed by atoms with van der Waals surface area (Å²) in [6, 6.07) is -0.00931. The second kappa shape index (κ2) is 5.02. The van der Waals surface area contributed by atoms with Gasteiger partial charge in [-0.3, -0.25) is 9.69 Å². The Bertz CT molecular complexity index is 191. The number of esters is 1. The third-order valence-corrected chi connectivity index (χ3v) is 2.46. The summed E-state index contributed by atoms with van der Waals surface area (Å²) in [5.74, 6) is -0.0958. The largest absolute Gasteiger partial charge is 0.468 e. The third kappa shape index (κ3) is 2.56. The van der Waals surface area contributed by atoms with E-state index >= 15 is 0 Å². The predicted molar refractivity (Wildman–Crippen MR) is 51.4 cm³/mol. The number of ether oxygens (including phenoxy) is 1. The number of carbonyl (C=O) groups excluding carboxylic acids is 1. The Morgan fingerprint density at radius 2 is 2.54 bits per heavy atom. The molecular weight excluding hydrogens is 166 g/mol. The lowest BCUT2D eigenvalue weighted by molar-refractivity contribution is -0.145. The van der Waals surface area contributed by atoms with Crippen molar-refractivity contribution in [1.29, 1.82) is 0 Å². The second-order valence-corrected chi connectivity index (χ2v) is 3.29. The predicted octanol–water partition coefficient (Wildman–Crippen LogP) is 1.20. The fourth-order valence-corrected chi connectivity index (χ4v) is 1.75. The van der Waals surface area contributed by atoms with E-state index in [4.69, 9.17) is 4.74 Å². The molecule has 0 aliphatic carbocycles. The average Bonchev–Trinajstić information content (AvgIpc) is 2.61. The van der Waals surface area contributed by atoms with Crippen LogP contribution in [0.5, 0.6) is 0 Å². The molecule has 0 aromatic carbocycles. The molecule has 74 valence electrons. The molecule has 0 aromatic rings. The zero-order valence-electron chi connectivity index (χ0n) is 8.16. The topological polar surface area (TPSA) is 29.5 Å². The van der Waals surface area contributed by atoms with E-state index in [0.717, 1.165) is 32.4 Å². The van der Waals surface area contributed by atoms with Gasteiger partial charge in [0.1, 0.15) is 6.04 Å². The second-order valence-electron chi connectivity index (χ2n) is 3.29. The Morgan fingerprint density at radius 3 is 3.15 bits per heavy atom. The zero-order chi connectivity index (χ0) is 9.68. The molecule has 1 saturated heterocycles. The van der Waals surface area contributed by atoms with Crippen LogP contribution in [0, 0.1) is 0 Å². The molecule has 0 radical (unpaired) electrons. The monoisotopic (exact) mass is 183 g/mol. The van der Waals surface area contributed by atoms with Gasteiger partial charge in [0.25, 0.3) is 0 Å². The van der Waals surface area contributed by atoms with Gasteiger partial charge in [-0.2, -0.15) is 0 Å². The van der Waals surface area contributed by atoms with Crippen LogP contribution in [-0.4, -0.2) is 37.1 Å². The standard InChI is InChI=1S/C10H17NO2/c1-3-4-7-11-8-5-6-9(11)10(12)13-2/h3,9H,1,4-8H2,2H3. The van der Waals surface area contributed by atoms with Crippen LogP contribution in [0.3, 0.4) is 0 Å². The molecule has 1 fully saturated rings. The molecule has 13 heavy (non-hydrogen) atoms. The van der Waals surface area contributed by atoms with Crippen molar-refractivity contribution in [2.75, 3.05) is 20.2 Å². The first-order chi connectivity index (χ1) is 6.29. The van der Waals surface area contributed by atoms with Crippen molar-refractivity contribution in [3.05, 3.63) is 12.7 Å². The van der Waals surface area contributed by atoms with E-state index in [9.17, 15) is 4.79 Å². The van der Waals surface area contributed by atoms with E-state index < -0.39 is 0 Å². The van der Waals surface area contributed by atoms with Crippen LogP contribution in [0.25, 0.3) is 0 Å². The van der Waals surface area contributed by atoms with E-state index in [-0.39, 0.29) is 12.0 Å². The van der Waals surface area contributed by atoms with Gasteiger partial charge in [-0.1, -0.05) is 6.08 Å². The van der Waals surface area contributed by atoms with Crippen molar-refractivity contribution < 1.29 is 9.53 Å². The molecule has 0 saturated carbocycles. The van der Waals surface area contributed by atoms with Crippen molar-refractivity contribution in [3.63, 3.8) is 0 Å². The van der Waals surface area contributed by atoms with E-state index in [2.05, 4.69) is 11.5 Å². The molecule has 1 heterocycles. The van der Waals surface area contributed by atoms with Crippen LogP contribution in [-0.2, 0) is 9.53 Å². The minimum Gasteiger partial charge on any atom is -0.468 e. The Labute approximate surface area is 79.4 Å². The Balaban J connectivity index is 2.43. The Kier molecular flexibility index (Phi) is 3.96. The molecule has 0 N–H and O–H groups in total. The molecule has 3 heteroatoms. The first-order valence-corrected chi connectivity index (χ1v) is 4.72. The van der Waals surface area contributed by atoms with Gasteiger partial charge in [0, 0.05) is 6.54 Å². The average molecular weight is 183 g/mol. The molecule has 1 unspecified atom stereocenters. The van der Waals surface area contributed by atoms with Gasteiger partial charge in [0.2, 0.25) is 0 Å². The number of hydrogen-bond donors (Lipinski definition) is 0. The van der Waals surface area contributed by atoms with Gasteiger partial charge in [-0.25, -0.2) is 0 Å². The summed E-state index contributed by atoms with van der Waals surface area (Å²) in [6.07, 6.45) is 4.85. The van der Waals surface area contributed by atoms with Crippen LogP contribution >= 0.6 is 0 Å². The highest BCUT2D eigenvalue weighted by molar-refractivity contribution is 5.75. The van der Waals surface area contributed by atoms with E-state index in [0.29, 0.717) is 0 Å². The smallest absolute Gasteiger partial charge is 0.323 e. The first-order valence-electron chi connectivity index (χ1n) is 4.72. The molecule has 3 nitrogen and oxygen atoms in total. The molecule has 0 aromatic heterocycles. The fraction of sp³-hybridized carbons (Fsp3) is 0.700. The number of carbonyl (C=O) groups is 1. The summed E-state index contributed by atoms with van der Waals surface area (Å²) in [4.78, 5) is 13.5. The van der Waals surface area contributed by atoms with Crippen LogP contribution in [0.4, 0.5) is 0 Å².